The Hall–Kier alpha value is -4.19. The highest BCUT2D eigenvalue weighted by molar-refractivity contribution is 6.51. The maximum absolute atomic E-state index is 13.5. The second-order valence-electron chi connectivity index (χ2n) is 9.87. The molecule has 1 fully saturated rings. The molecule has 1 aliphatic heterocycles. The van der Waals surface area contributed by atoms with Gasteiger partial charge in [0.05, 0.1) is 11.6 Å². The van der Waals surface area contributed by atoms with Gasteiger partial charge < -0.3 is 9.84 Å². The average Bonchev–Trinajstić information content (AvgIpc) is 3.13. The third kappa shape index (κ3) is 4.67. The van der Waals surface area contributed by atoms with E-state index in [-0.39, 0.29) is 11.3 Å². The van der Waals surface area contributed by atoms with Gasteiger partial charge in [0, 0.05) is 18.2 Å². The van der Waals surface area contributed by atoms with Crippen molar-refractivity contribution in [1.29, 1.82) is 0 Å². The van der Waals surface area contributed by atoms with Gasteiger partial charge in [-0.25, -0.2) is 0 Å². The van der Waals surface area contributed by atoms with Gasteiger partial charge in [0.1, 0.15) is 11.5 Å². The van der Waals surface area contributed by atoms with Crippen molar-refractivity contribution in [3.63, 3.8) is 0 Å². The molecule has 3 aromatic carbocycles. The summed E-state index contributed by atoms with van der Waals surface area (Å²) in [5.74, 6) is -1.86. The molecule has 0 saturated carbocycles. The van der Waals surface area contributed by atoms with Crippen molar-refractivity contribution >= 4 is 29.1 Å². The van der Waals surface area contributed by atoms with Gasteiger partial charge in [0.25, 0.3) is 11.7 Å². The number of aliphatic hydroxyl groups is 1. The highest BCUT2D eigenvalue weighted by atomic mass is 16.5. The fourth-order valence-electron chi connectivity index (χ4n) is 5.45. The van der Waals surface area contributed by atoms with Crippen LogP contribution in [0.1, 0.15) is 59.2 Å². The van der Waals surface area contributed by atoms with Gasteiger partial charge in [0.2, 0.25) is 0 Å². The van der Waals surface area contributed by atoms with Gasteiger partial charge in [-0.3, -0.25) is 19.3 Å². The van der Waals surface area contributed by atoms with E-state index in [2.05, 4.69) is 0 Å². The molecule has 0 spiro atoms. The number of ether oxygens (including phenoxy) is 1. The fraction of sp³-hybridized carbons (Fsp3) is 0.258. The number of benzene rings is 3. The number of Topliss-reactive ketones (excluding diaryl/α,β-unsaturated/α-hetero) is 1. The van der Waals surface area contributed by atoms with E-state index in [0.717, 1.165) is 42.4 Å². The van der Waals surface area contributed by atoms with Crippen molar-refractivity contribution in [2.75, 3.05) is 4.90 Å². The van der Waals surface area contributed by atoms with Crippen LogP contribution in [-0.2, 0) is 27.2 Å². The molecule has 0 aromatic heterocycles. The van der Waals surface area contributed by atoms with Crippen LogP contribution in [0.25, 0.3) is 5.76 Å². The van der Waals surface area contributed by atoms with Crippen LogP contribution in [0.5, 0.6) is 5.75 Å². The van der Waals surface area contributed by atoms with Crippen molar-refractivity contribution in [3.05, 3.63) is 99.6 Å². The lowest BCUT2D eigenvalue weighted by molar-refractivity contribution is -0.132. The molecule has 1 saturated heterocycles. The molecule has 1 unspecified atom stereocenters. The molecule has 3 aromatic rings. The third-order valence-electron chi connectivity index (χ3n) is 6.99. The minimum atomic E-state index is -0.896. The molecular formula is C31H29NO5. The molecule has 188 valence electrons. The molecule has 1 atom stereocenters. The summed E-state index contributed by atoms with van der Waals surface area (Å²) in [6, 6.07) is 17.3. The number of carbonyl (C=O) groups is 3. The number of fused-ring (bicyclic) bond motifs is 1. The first-order valence-corrected chi connectivity index (χ1v) is 12.5. The lowest BCUT2D eigenvalue weighted by atomic mass is 9.88. The summed E-state index contributed by atoms with van der Waals surface area (Å²) in [4.78, 5) is 40.0. The number of ketones is 1. The van der Waals surface area contributed by atoms with Gasteiger partial charge in [0.15, 0.2) is 0 Å². The van der Waals surface area contributed by atoms with E-state index >= 15 is 0 Å². The summed E-state index contributed by atoms with van der Waals surface area (Å²) in [6.45, 7) is 5.16. The first-order valence-electron chi connectivity index (χ1n) is 12.5. The molecule has 0 radical (unpaired) electrons. The van der Waals surface area contributed by atoms with Gasteiger partial charge in [-0.05, 0) is 97.7 Å². The fourth-order valence-corrected chi connectivity index (χ4v) is 5.45. The Morgan fingerprint density at radius 1 is 0.919 bits per heavy atom. The van der Waals surface area contributed by atoms with E-state index in [0.29, 0.717) is 22.6 Å². The first-order chi connectivity index (χ1) is 17.7. The summed E-state index contributed by atoms with van der Waals surface area (Å²) < 4.78 is 5.28. The Labute approximate surface area is 216 Å². The monoisotopic (exact) mass is 495 g/mol. The standard InChI is InChI=1S/C31H29NO5/c1-18-13-19(2)15-25(14-18)32-28(23-9-6-10-26(17-23)37-20(3)33)27(30(35)31(32)36)29(34)24-12-11-21-7-4-5-8-22(21)16-24/h6,9-17,28,34H,4-5,7-8H2,1-3H3/b29-27-. The molecule has 1 amide bonds. The molecule has 6 heteroatoms. The van der Waals surface area contributed by atoms with Crippen LogP contribution < -0.4 is 9.64 Å². The van der Waals surface area contributed by atoms with Crippen molar-refractivity contribution in [2.24, 2.45) is 0 Å². The zero-order chi connectivity index (χ0) is 26.3. The van der Waals surface area contributed by atoms with Crippen molar-refractivity contribution in [2.45, 2.75) is 52.5 Å². The molecule has 2 aliphatic rings. The van der Waals surface area contributed by atoms with Crippen molar-refractivity contribution in [3.8, 4) is 5.75 Å². The second kappa shape index (κ2) is 9.69. The molecule has 5 rings (SSSR count). The maximum Gasteiger partial charge on any atom is 0.308 e. The minimum absolute atomic E-state index is 0.0138. The van der Waals surface area contributed by atoms with E-state index in [4.69, 9.17) is 4.74 Å². The zero-order valence-corrected chi connectivity index (χ0v) is 21.2. The average molecular weight is 496 g/mol. The summed E-state index contributed by atoms with van der Waals surface area (Å²) in [7, 11) is 0. The molecule has 37 heavy (non-hydrogen) atoms. The van der Waals surface area contributed by atoms with Crippen LogP contribution in [0.15, 0.2) is 66.2 Å². The minimum Gasteiger partial charge on any atom is -0.507 e. The molecule has 1 heterocycles. The normalized spacial score (nSPS) is 18.6. The molecule has 1 N–H and O–H groups in total. The van der Waals surface area contributed by atoms with E-state index < -0.39 is 23.7 Å². The number of amides is 1. The summed E-state index contributed by atoms with van der Waals surface area (Å²) in [5.41, 5.74) is 5.94. The van der Waals surface area contributed by atoms with E-state index in [1.165, 1.54) is 17.4 Å². The van der Waals surface area contributed by atoms with Gasteiger partial charge in [-0.15, -0.1) is 0 Å². The number of hydrogen-bond acceptors (Lipinski definition) is 5. The van der Waals surface area contributed by atoms with Gasteiger partial charge >= 0.3 is 5.97 Å². The number of carbonyl (C=O) groups excluding carboxylic acids is 3. The number of esters is 1. The summed E-state index contributed by atoms with van der Waals surface area (Å²) >= 11 is 0. The van der Waals surface area contributed by atoms with Gasteiger partial charge in [-0.1, -0.05) is 30.3 Å². The Kier molecular flexibility index (Phi) is 6.42. The topological polar surface area (TPSA) is 83.9 Å². The zero-order valence-electron chi connectivity index (χ0n) is 21.2. The Bertz CT molecular complexity index is 1450. The van der Waals surface area contributed by atoms with Crippen LogP contribution in [0.3, 0.4) is 0 Å². The lowest BCUT2D eigenvalue weighted by Crippen LogP contribution is -2.29. The molecular weight excluding hydrogens is 466 g/mol. The van der Waals surface area contributed by atoms with Crippen LogP contribution in [0, 0.1) is 13.8 Å². The van der Waals surface area contributed by atoms with Crippen LogP contribution in [-0.4, -0.2) is 22.8 Å². The maximum atomic E-state index is 13.5. The number of hydrogen-bond donors (Lipinski definition) is 1. The number of aryl methyl sites for hydroxylation is 4. The number of nitrogens with zero attached hydrogens (tertiary/aromatic N) is 1. The Morgan fingerprint density at radius 2 is 1.62 bits per heavy atom. The summed E-state index contributed by atoms with van der Waals surface area (Å²) in [6.07, 6.45) is 4.13. The Morgan fingerprint density at radius 3 is 2.32 bits per heavy atom. The largest absolute Gasteiger partial charge is 0.507 e. The lowest BCUT2D eigenvalue weighted by Gasteiger charge is -2.26. The van der Waals surface area contributed by atoms with E-state index in [1.54, 1.807) is 24.3 Å². The number of rotatable bonds is 4. The quantitative estimate of drug-likeness (QED) is 0.164. The third-order valence-corrected chi connectivity index (χ3v) is 6.99. The molecule has 1 aliphatic carbocycles. The predicted molar refractivity (Wildman–Crippen MR) is 142 cm³/mol. The highest BCUT2D eigenvalue weighted by Crippen LogP contribution is 2.43. The highest BCUT2D eigenvalue weighted by Gasteiger charge is 2.47. The molecule has 0 bridgehead atoms. The van der Waals surface area contributed by atoms with Crippen molar-refractivity contribution in [1.82, 2.24) is 0 Å². The summed E-state index contributed by atoms with van der Waals surface area (Å²) in [5, 5.41) is 11.5. The predicted octanol–water partition coefficient (Wildman–Crippen LogP) is 5.73. The second-order valence-corrected chi connectivity index (χ2v) is 9.87. The van der Waals surface area contributed by atoms with Crippen LogP contribution in [0.2, 0.25) is 0 Å². The SMILES string of the molecule is CC(=O)Oc1cccc(C2/C(=C(/O)c3ccc4c(c3)CCCC4)C(=O)C(=O)N2c2cc(C)cc(C)c2)c1. The number of anilines is 1. The van der Waals surface area contributed by atoms with Crippen LogP contribution in [0.4, 0.5) is 5.69 Å². The number of aliphatic hydroxyl groups excluding tert-OH is 1. The first kappa shape index (κ1) is 24.5. The van der Waals surface area contributed by atoms with Crippen molar-refractivity contribution < 1.29 is 24.2 Å². The van der Waals surface area contributed by atoms with Gasteiger partial charge in [-0.2, -0.15) is 0 Å². The molecule has 6 nitrogen and oxygen atoms in total. The van der Waals surface area contributed by atoms with E-state index in [1.807, 2.05) is 50.2 Å². The van der Waals surface area contributed by atoms with E-state index in [9.17, 15) is 19.5 Å². The van der Waals surface area contributed by atoms with Crippen LogP contribution >= 0.6 is 0 Å². The smallest absolute Gasteiger partial charge is 0.308 e. The Balaban J connectivity index is 1.71.